The first-order valence-electron chi connectivity index (χ1n) is 7.14. The minimum absolute atomic E-state index is 0.0987. The van der Waals surface area contributed by atoms with Crippen LogP contribution in [0.4, 0.5) is 0 Å². The summed E-state index contributed by atoms with van der Waals surface area (Å²) in [7, 11) is 1.65. The molecule has 7 heteroatoms. The molecule has 120 valence electrons. The molecule has 2 aromatic heterocycles. The summed E-state index contributed by atoms with van der Waals surface area (Å²) in [6.07, 6.45) is 3.72. The van der Waals surface area contributed by atoms with Crippen molar-refractivity contribution in [3.05, 3.63) is 57.4 Å². The van der Waals surface area contributed by atoms with Crippen LogP contribution in [-0.2, 0) is 6.54 Å². The summed E-state index contributed by atoms with van der Waals surface area (Å²) >= 11 is 2.89. The van der Waals surface area contributed by atoms with Gasteiger partial charge in [-0.2, -0.15) is 0 Å². The molecule has 3 aromatic rings. The van der Waals surface area contributed by atoms with Crippen molar-refractivity contribution in [2.75, 3.05) is 12.9 Å². The van der Waals surface area contributed by atoms with Gasteiger partial charge >= 0.3 is 4.87 Å². The molecule has 0 saturated carbocycles. The lowest BCUT2D eigenvalue weighted by molar-refractivity contribution is 0.414. The molecule has 0 atom stereocenters. The maximum atomic E-state index is 11.7. The Labute approximate surface area is 142 Å². The average molecular weight is 347 g/mol. The van der Waals surface area contributed by atoms with E-state index in [0.29, 0.717) is 6.54 Å². The fourth-order valence-corrected chi connectivity index (χ4v) is 3.90. The Bertz CT molecular complexity index is 834. The second-order valence-electron chi connectivity index (χ2n) is 4.92. The van der Waals surface area contributed by atoms with Gasteiger partial charge < -0.3 is 9.30 Å². The Morgan fingerprint density at radius 3 is 2.74 bits per heavy atom. The summed E-state index contributed by atoms with van der Waals surface area (Å²) in [4.78, 5) is 16.2. The van der Waals surface area contributed by atoms with Crippen molar-refractivity contribution in [3.8, 4) is 11.4 Å². The van der Waals surface area contributed by atoms with Crippen molar-refractivity contribution in [1.82, 2.24) is 14.1 Å². The fourth-order valence-electron chi connectivity index (χ4n) is 2.24. The molecule has 0 saturated heterocycles. The van der Waals surface area contributed by atoms with Crippen molar-refractivity contribution in [2.24, 2.45) is 0 Å². The number of benzene rings is 1. The zero-order valence-corrected chi connectivity index (χ0v) is 14.6. The highest BCUT2D eigenvalue weighted by Gasteiger charge is 2.07. The summed E-state index contributed by atoms with van der Waals surface area (Å²) in [5.74, 6) is 1.63. The van der Waals surface area contributed by atoms with E-state index < -0.39 is 0 Å². The second-order valence-corrected chi connectivity index (χ2v) is 6.80. The Kier molecular flexibility index (Phi) is 4.88. The molecule has 3 rings (SSSR count). The van der Waals surface area contributed by atoms with E-state index in [1.807, 2.05) is 47.3 Å². The molecule has 0 aliphatic heterocycles. The van der Waals surface area contributed by atoms with E-state index in [9.17, 15) is 4.79 Å². The lowest BCUT2D eigenvalue weighted by Gasteiger charge is -2.09. The fraction of sp³-hybridized carbons (Fsp3) is 0.250. The van der Waals surface area contributed by atoms with Crippen LogP contribution in [0.2, 0.25) is 0 Å². The molecule has 5 nitrogen and oxygen atoms in total. The van der Waals surface area contributed by atoms with Gasteiger partial charge in [0, 0.05) is 41.5 Å². The number of nitrogens with zero attached hydrogens (tertiary/aromatic N) is 3. The Balaban J connectivity index is 1.70. The van der Waals surface area contributed by atoms with Gasteiger partial charge in [-0.3, -0.25) is 9.36 Å². The molecular formula is C16H17N3O2S2. The van der Waals surface area contributed by atoms with Crippen molar-refractivity contribution < 1.29 is 4.74 Å². The second kappa shape index (κ2) is 7.06. The Morgan fingerprint density at radius 1 is 1.30 bits per heavy atom. The zero-order chi connectivity index (χ0) is 16.2. The quantitative estimate of drug-likeness (QED) is 0.643. The molecule has 0 amide bonds. The number of hydrogen-bond donors (Lipinski definition) is 0. The Hall–Kier alpha value is -1.99. The van der Waals surface area contributed by atoms with Crippen LogP contribution in [0.1, 0.15) is 5.69 Å². The first-order valence-corrected chi connectivity index (χ1v) is 9.01. The smallest absolute Gasteiger partial charge is 0.307 e. The van der Waals surface area contributed by atoms with Gasteiger partial charge in [0.1, 0.15) is 5.75 Å². The molecule has 0 aliphatic rings. The molecule has 0 spiro atoms. The van der Waals surface area contributed by atoms with Gasteiger partial charge in [0.15, 0.2) is 5.16 Å². The minimum atomic E-state index is 0.0987. The predicted octanol–water partition coefficient (Wildman–Crippen LogP) is 3.20. The van der Waals surface area contributed by atoms with E-state index >= 15 is 0 Å². The first-order chi connectivity index (χ1) is 11.2. The largest absolute Gasteiger partial charge is 0.497 e. The van der Waals surface area contributed by atoms with Crippen LogP contribution in [0.5, 0.6) is 5.75 Å². The van der Waals surface area contributed by atoms with Crippen LogP contribution < -0.4 is 9.61 Å². The summed E-state index contributed by atoms with van der Waals surface area (Å²) in [6, 6.07) is 7.85. The highest BCUT2D eigenvalue weighted by atomic mass is 32.2. The van der Waals surface area contributed by atoms with Gasteiger partial charge in [0.25, 0.3) is 0 Å². The van der Waals surface area contributed by atoms with Crippen molar-refractivity contribution in [3.63, 3.8) is 0 Å². The Morgan fingerprint density at radius 2 is 2.09 bits per heavy atom. The van der Waals surface area contributed by atoms with Crippen LogP contribution in [0.25, 0.3) is 5.69 Å². The summed E-state index contributed by atoms with van der Waals surface area (Å²) < 4.78 is 9.02. The van der Waals surface area contributed by atoms with Crippen LogP contribution in [0.3, 0.4) is 0 Å². The predicted molar refractivity (Wildman–Crippen MR) is 94.2 cm³/mol. The van der Waals surface area contributed by atoms with E-state index in [4.69, 9.17) is 4.74 Å². The van der Waals surface area contributed by atoms with E-state index in [1.54, 1.807) is 29.6 Å². The molecule has 0 bridgehead atoms. The molecular weight excluding hydrogens is 330 g/mol. The maximum absolute atomic E-state index is 11.7. The van der Waals surface area contributed by atoms with Crippen LogP contribution >= 0.6 is 23.1 Å². The zero-order valence-electron chi connectivity index (χ0n) is 12.9. The van der Waals surface area contributed by atoms with Crippen molar-refractivity contribution in [1.29, 1.82) is 0 Å². The standard InChI is InChI=1S/C16H17N3O2S2/c1-12-11-23-16(20)18(12)9-10-22-15-17-7-8-19(15)13-3-5-14(21-2)6-4-13/h3-8,11H,9-10H2,1-2H3. The maximum Gasteiger partial charge on any atom is 0.307 e. The highest BCUT2D eigenvalue weighted by molar-refractivity contribution is 7.99. The van der Waals surface area contributed by atoms with Crippen LogP contribution in [-0.4, -0.2) is 27.0 Å². The molecule has 23 heavy (non-hydrogen) atoms. The van der Waals surface area contributed by atoms with E-state index in [-0.39, 0.29) is 4.87 Å². The third-order valence-electron chi connectivity index (χ3n) is 3.48. The normalized spacial score (nSPS) is 10.9. The summed E-state index contributed by atoms with van der Waals surface area (Å²) in [5, 5.41) is 2.81. The number of imidazole rings is 1. The molecule has 2 heterocycles. The van der Waals surface area contributed by atoms with E-state index in [1.165, 1.54) is 11.3 Å². The number of aromatic nitrogens is 3. The molecule has 1 aromatic carbocycles. The number of methoxy groups -OCH3 is 1. The number of ether oxygens (including phenoxy) is 1. The third kappa shape index (κ3) is 3.51. The van der Waals surface area contributed by atoms with Gasteiger partial charge in [-0.1, -0.05) is 23.1 Å². The van der Waals surface area contributed by atoms with Gasteiger partial charge in [0.2, 0.25) is 0 Å². The first kappa shape index (κ1) is 15.9. The van der Waals surface area contributed by atoms with E-state index in [2.05, 4.69) is 4.98 Å². The molecule has 0 fully saturated rings. The lowest BCUT2D eigenvalue weighted by Crippen LogP contribution is -2.16. The third-order valence-corrected chi connectivity index (χ3v) is 5.31. The van der Waals surface area contributed by atoms with Gasteiger partial charge in [-0.05, 0) is 31.2 Å². The highest BCUT2D eigenvalue weighted by Crippen LogP contribution is 2.22. The van der Waals surface area contributed by atoms with Crippen LogP contribution in [0, 0.1) is 6.92 Å². The molecule has 0 radical (unpaired) electrons. The summed E-state index contributed by atoms with van der Waals surface area (Å²) in [6.45, 7) is 2.65. The van der Waals surface area contributed by atoms with Gasteiger partial charge in [-0.25, -0.2) is 4.98 Å². The number of thiazole rings is 1. The van der Waals surface area contributed by atoms with E-state index in [0.717, 1.165) is 28.0 Å². The van der Waals surface area contributed by atoms with Gasteiger partial charge in [0.05, 0.1) is 7.11 Å². The number of aryl methyl sites for hydroxylation is 1. The monoisotopic (exact) mass is 347 g/mol. The number of rotatable bonds is 6. The average Bonchev–Trinajstić information content (AvgIpc) is 3.16. The summed E-state index contributed by atoms with van der Waals surface area (Å²) in [5.41, 5.74) is 2.05. The molecule has 0 N–H and O–H groups in total. The lowest BCUT2D eigenvalue weighted by atomic mass is 10.3. The molecule has 0 aliphatic carbocycles. The topological polar surface area (TPSA) is 49.0 Å². The number of hydrogen-bond acceptors (Lipinski definition) is 5. The number of thioether (sulfide) groups is 1. The van der Waals surface area contributed by atoms with Crippen molar-refractivity contribution in [2.45, 2.75) is 18.6 Å². The SMILES string of the molecule is COc1ccc(-n2ccnc2SCCn2c(C)csc2=O)cc1. The van der Waals surface area contributed by atoms with Crippen LogP contribution in [0.15, 0.2) is 52.0 Å². The minimum Gasteiger partial charge on any atom is -0.497 e. The van der Waals surface area contributed by atoms with Gasteiger partial charge in [-0.15, -0.1) is 0 Å². The molecule has 0 unspecified atom stereocenters. The van der Waals surface area contributed by atoms with Crippen molar-refractivity contribution >= 4 is 23.1 Å².